The first kappa shape index (κ1) is 14.2. The lowest BCUT2D eigenvalue weighted by Gasteiger charge is -2.02. The molecule has 108 valence electrons. The van der Waals surface area contributed by atoms with Crippen molar-refractivity contribution in [2.24, 2.45) is 0 Å². The van der Waals surface area contributed by atoms with Gasteiger partial charge in [-0.05, 0) is 11.1 Å². The minimum absolute atomic E-state index is 1.30. The third-order valence-corrected chi connectivity index (χ3v) is 8.60. The molecule has 22 heavy (non-hydrogen) atoms. The Bertz CT molecular complexity index is 887. The summed E-state index contributed by atoms with van der Waals surface area (Å²) in [4.78, 5) is 2.68. The summed E-state index contributed by atoms with van der Waals surface area (Å²) in [6, 6.07) is 21.2. The highest BCUT2D eigenvalue weighted by atomic mass is 32.2. The monoisotopic (exact) mass is 356 g/mol. The van der Waals surface area contributed by atoms with Gasteiger partial charge in [-0.15, -0.1) is 45.3 Å². The topological polar surface area (TPSA) is 0 Å². The molecule has 0 N–H and O–H groups in total. The maximum Gasteiger partial charge on any atom is 0.107 e. The van der Waals surface area contributed by atoms with E-state index in [1.807, 2.05) is 45.3 Å². The van der Waals surface area contributed by atoms with Crippen LogP contribution in [-0.4, -0.2) is 0 Å². The highest BCUT2D eigenvalue weighted by molar-refractivity contribution is 7.34. The molecule has 2 aliphatic rings. The Kier molecular flexibility index (Phi) is 4.08. The molecule has 0 atom stereocenters. The Balaban J connectivity index is 1.84. The molecule has 0 aromatic heterocycles. The Morgan fingerprint density at radius 1 is 0.500 bits per heavy atom. The molecule has 0 spiro atoms. The first-order valence-corrected chi connectivity index (χ1v) is 10.2. The molecule has 0 saturated heterocycles. The predicted molar refractivity (Wildman–Crippen MR) is 102 cm³/mol. The van der Waals surface area contributed by atoms with Crippen LogP contribution in [0.2, 0.25) is 0 Å². The summed E-state index contributed by atoms with van der Waals surface area (Å²) in [5.74, 6) is 0. The molecule has 4 heteroatoms. The van der Waals surface area contributed by atoms with Crippen LogP contribution in [0.25, 0.3) is 20.9 Å². The standard InChI is InChI=1S/C18H12S4/c1-3-7-13(8-4-1)15-11-19-18-17(21-15)20-12-16(22-18)14-9-5-2-6-10-14/h1-12H. The molecule has 0 amide bonds. The molecule has 0 unspecified atom stereocenters. The van der Waals surface area contributed by atoms with Crippen LogP contribution in [0, 0.1) is 7.69 Å². The largest absolute Gasteiger partial charge is 0.130 e. The fourth-order valence-electron chi connectivity index (χ4n) is 2.15. The third kappa shape index (κ3) is 2.88. The van der Waals surface area contributed by atoms with Gasteiger partial charge in [0.05, 0.1) is 0 Å². The van der Waals surface area contributed by atoms with Crippen LogP contribution < -0.4 is 0 Å². The Labute approximate surface area is 144 Å². The smallest absolute Gasteiger partial charge is 0.107 e. The highest BCUT2D eigenvalue weighted by Gasteiger charge is 2.03. The Morgan fingerprint density at radius 3 is 1.32 bits per heavy atom. The van der Waals surface area contributed by atoms with Gasteiger partial charge in [0.25, 0.3) is 0 Å². The van der Waals surface area contributed by atoms with Gasteiger partial charge >= 0.3 is 0 Å². The first-order valence-electron chi connectivity index (χ1n) is 6.84. The summed E-state index contributed by atoms with van der Waals surface area (Å²) in [6.07, 6.45) is 0. The van der Waals surface area contributed by atoms with Gasteiger partial charge in [-0.1, -0.05) is 60.7 Å². The van der Waals surface area contributed by atoms with Gasteiger partial charge in [0.1, 0.15) is 7.69 Å². The van der Waals surface area contributed by atoms with Crippen molar-refractivity contribution in [1.82, 2.24) is 0 Å². The van der Waals surface area contributed by atoms with Crippen LogP contribution in [0.4, 0.5) is 0 Å². The molecule has 0 aliphatic carbocycles. The van der Waals surface area contributed by atoms with Crippen molar-refractivity contribution >= 4 is 45.3 Å². The van der Waals surface area contributed by atoms with Crippen LogP contribution in [0.1, 0.15) is 0 Å². The van der Waals surface area contributed by atoms with Crippen molar-refractivity contribution in [3.8, 4) is 20.9 Å². The zero-order valence-corrected chi connectivity index (χ0v) is 14.8. The van der Waals surface area contributed by atoms with Gasteiger partial charge in [0, 0.05) is 20.5 Å². The fraction of sp³-hybridized carbons (Fsp3) is 0. The SMILES string of the molecule is c1ccc(-c2csc3sc(-c4ccccc4)csc=3s2)cc1. The van der Waals surface area contributed by atoms with E-state index in [1.54, 1.807) is 0 Å². The van der Waals surface area contributed by atoms with Crippen molar-refractivity contribution in [2.45, 2.75) is 0 Å². The molecule has 2 heterocycles. The average molecular weight is 357 g/mol. The van der Waals surface area contributed by atoms with E-state index in [0.29, 0.717) is 0 Å². The van der Waals surface area contributed by atoms with Gasteiger partial charge in [0.2, 0.25) is 0 Å². The zero-order valence-electron chi connectivity index (χ0n) is 11.6. The quantitative estimate of drug-likeness (QED) is 0.359. The molecule has 4 rings (SSSR count). The molecule has 0 radical (unpaired) electrons. The molecule has 0 bridgehead atoms. The van der Waals surface area contributed by atoms with Crippen LogP contribution in [-0.2, 0) is 0 Å². The molecule has 0 nitrogen and oxygen atoms in total. The average Bonchev–Trinajstić information content (AvgIpc) is 2.62. The van der Waals surface area contributed by atoms with Gasteiger partial charge in [-0.3, -0.25) is 0 Å². The number of rotatable bonds is 2. The summed E-state index contributed by atoms with van der Waals surface area (Å²) < 4.78 is 2.80. The summed E-state index contributed by atoms with van der Waals surface area (Å²) >= 11 is 7.46. The molecule has 2 aromatic carbocycles. The van der Waals surface area contributed by atoms with E-state index < -0.39 is 0 Å². The van der Waals surface area contributed by atoms with Gasteiger partial charge < -0.3 is 0 Å². The lowest BCUT2D eigenvalue weighted by molar-refractivity contribution is 1.70. The first-order chi connectivity index (χ1) is 10.9. The molecular formula is C18H12S4. The van der Waals surface area contributed by atoms with Crippen molar-refractivity contribution in [2.75, 3.05) is 0 Å². The predicted octanol–water partition coefficient (Wildman–Crippen LogP) is 7.12. The van der Waals surface area contributed by atoms with E-state index in [-0.39, 0.29) is 0 Å². The number of benzene rings is 2. The summed E-state index contributed by atoms with van der Waals surface area (Å²) in [5.41, 5.74) is 2.60. The molecule has 0 saturated carbocycles. The van der Waals surface area contributed by atoms with Crippen LogP contribution in [0.15, 0.2) is 71.4 Å². The van der Waals surface area contributed by atoms with E-state index in [1.165, 1.54) is 28.6 Å². The lowest BCUT2D eigenvalue weighted by Crippen LogP contribution is -1.74. The second kappa shape index (κ2) is 6.34. The van der Waals surface area contributed by atoms with Crippen molar-refractivity contribution in [1.29, 1.82) is 0 Å². The minimum atomic E-state index is 1.30. The van der Waals surface area contributed by atoms with Crippen molar-refractivity contribution < 1.29 is 0 Å². The van der Waals surface area contributed by atoms with Crippen LogP contribution >= 0.6 is 45.3 Å². The summed E-state index contributed by atoms with van der Waals surface area (Å²) in [6.45, 7) is 0. The van der Waals surface area contributed by atoms with E-state index in [2.05, 4.69) is 71.4 Å². The van der Waals surface area contributed by atoms with E-state index >= 15 is 0 Å². The van der Waals surface area contributed by atoms with Gasteiger partial charge in [0.15, 0.2) is 0 Å². The van der Waals surface area contributed by atoms with E-state index in [4.69, 9.17) is 0 Å². The maximum absolute atomic E-state index is 2.28. The second-order valence-corrected chi connectivity index (χ2v) is 9.09. The van der Waals surface area contributed by atoms with E-state index in [9.17, 15) is 0 Å². The van der Waals surface area contributed by atoms with Crippen molar-refractivity contribution in [3.63, 3.8) is 0 Å². The van der Waals surface area contributed by atoms with Gasteiger partial charge in [-0.2, -0.15) is 0 Å². The maximum atomic E-state index is 2.28. The second-order valence-electron chi connectivity index (χ2n) is 4.71. The normalized spacial score (nSPS) is 10.7. The zero-order chi connectivity index (χ0) is 14.8. The van der Waals surface area contributed by atoms with E-state index in [0.717, 1.165) is 0 Å². The Hall–Kier alpha value is -1.46. The van der Waals surface area contributed by atoms with Gasteiger partial charge in [-0.25, -0.2) is 0 Å². The third-order valence-electron chi connectivity index (χ3n) is 3.23. The highest BCUT2D eigenvalue weighted by Crippen LogP contribution is 2.33. The number of hydrogen-bond donors (Lipinski definition) is 0. The number of hydrogen-bond acceptors (Lipinski definition) is 4. The molecule has 0 fully saturated rings. The van der Waals surface area contributed by atoms with Crippen molar-refractivity contribution in [3.05, 3.63) is 79.1 Å². The minimum Gasteiger partial charge on any atom is -0.130 e. The lowest BCUT2D eigenvalue weighted by atomic mass is 10.2. The molecule has 2 aromatic rings. The molecule has 2 aliphatic heterocycles. The Morgan fingerprint density at radius 2 is 0.909 bits per heavy atom. The van der Waals surface area contributed by atoms with Crippen LogP contribution in [0.3, 0.4) is 0 Å². The molecular weight excluding hydrogens is 344 g/mol. The fourth-order valence-corrected chi connectivity index (χ4v) is 7.08. The summed E-state index contributed by atoms with van der Waals surface area (Å²) in [7, 11) is 0. The summed E-state index contributed by atoms with van der Waals surface area (Å²) in [5, 5.41) is 4.56. The van der Waals surface area contributed by atoms with Crippen LogP contribution in [0.5, 0.6) is 0 Å².